The van der Waals surface area contributed by atoms with Crippen LogP contribution in [0.5, 0.6) is 0 Å². The van der Waals surface area contributed by atoms with E-state index in [9.17, 15) is 4.79 Å². The van der Waals surface area contributed by atoms with Crippen molar-refractivity contribution >= 4 is 11.6 Å². The topological polar surface area (TPSA) is 49.6 Å². The van der Waals surface area contributed by atoms with E-state index in [-0.39, 0.29) is 11.9 Å². The SMILES string of the molecule is CC(c1ccc(N2CC[C@H](N)C2=O)cc1)N(C)C. The summed E-state index contributed by atoms with van der Waals surface area (Å²) in [5.41, 5.74) is 7.92. The smallest absolute Gasteiger partial charge is 0.243 e. The first kappa shape index (κ1) is 13.1. The second-order valence-electron chi connectivity index (χ2n) is 5.12. The Morgan fingerprint density at radius 1 is 1.33 bits per heavy atom. The number of hydrogen-bond donors (Lipinski definition) is 1. The summed E-state index contributed by atoms with van der Waals surface area (Å²) >= 11 is 0. The highest BCUT2D eigenvalue weighted by atomic mass is 16.2. The van der Waals surface area contributed by atoms with Crippen molar-refractivity contribution in [3.8, 4) is 0 Å². The van der Waals surface area contributed by atoms with Crippen molar-refractivity contribution in [3.05, 3.63) is 29.8 Å². The number of nitrogens with zero attached hydrogens (tertiary/aromatic N) is 2. The van der Waals surface area contributed by atoms with E-state index in [0.717, 1.165) is 18.7 Å². The molecular weight excluding hydrogens is 226 g/mol. The zero-order valence-electron chi connectivity index (χ0n) is 11.3. The van der Waals surface area contributed by atoms with Crippen molar-refractivity contribution in [2.75, 3.05) is 25.5 Å². The molecule has 1 aliphatic rings. The average Bonchev–Trinajstić information content (AvgIpc) is 2.69. The summed E-state index contributed by atoms with van der Waals surface area (Å²) in [5.74, 6) is 0.0309. The monoisotopic (exact) mass is 247 g/mol. The van der Waals surface area contributed by atoms with Gasteiger partial charge in [0.1, 0.15) is 0 Å². The molecule has 1 fully saturated rings. The van der Waals surface area contributed by atoms with Crippen LogP contribution < -0.4 is 10.6 Å². The molecule has 0 saturated carbocycles. The lowest BCUT2D eigenvalue weighted by molar-refractivity contribution is -0.118. The van der Waals surface area contributed by atoms with E-state index in [4.69, 9.17) is 5.73 Å². The molecule has 98 valence electrons. The van der Waals surface area contributed by atoms with Gasteiger partial charge in [-0.15, -0.1) is 0 Å². The van der Waals surface area contributed by atoms with Gasteiger partial charge in [-0.2, -0.15) is 0 Å². The van der Waals surface area contributed by atoms with Crippen LogP contribution in [-0.2, 0) is 4.79 Å². The van der Waals surface area contributed by atoms with Crippen molar-refractivity contribution in [3.63, 3.8) is 0 Å². The van der Waals surface area contributed by atoms with Crippen LogP contribution in [0.25, 0.3) is 0 Å². The molecule has 1 aromatic carbocycles. The number of carbonyl (C=O) groups is 1. The molecule has 0 aliphatic carbocycles. The number of nitrogens with two attached hydrogens (primary N) is 1. The van der Waals surface area contributed by atoms with Crippen LogP contribution in [0.1, 0.15) is 24.9 Å². The van der Waals surface area contributed by atoms with Gasteiger partial charge in [-0.1, -0.05) is 12.1 Å². The lowest BCUT2D eigenvalue weighted by Crippen LogP contribution is -2.33. The van der Waals surface area contributed by atoms with Crippen LogP contribution in [0, 0.1) is 0 Å². The molecule has 0 bridgehead atoms. The van der Waals surface area contributed by atoms with Crippen molar-refractivity contribution in [2.24, 2.45) is 5.73 Å². The number of benzene rings is 1. The molecule has 1 aliphatic heterocycles. The molecule has 1 aromatic rings. The minimum atomic E-state index is -0.328. The Morgan fingerprint density at radius 2 is 1.94 bits per heavy atom. The van der Waals surface area contributed by atoms with Gasteiger partial charge in [0, 0.05) is 18.3 Å². The number of carbonyl (C=O) groups excluding carboxylic acids is 1. The zero-order chi connectivity index (χ0) is 13.3. The van der Waals surface area contributed by atoms with Crippen LogP contribution in [0.3, 0.4) is 0 Å². The maximum absolute atomic E-state index is 11.8. The first-order valence-corrected chi connectivity index (χ1v) is 6.34. The van der Waals surface area contributed by atoms with Crippen molar-refractivity contribution in [1.29, 1.82) is 0 Å². The van der Waals surface area contributed by atoms with Gasteiger partial charge in [0.05, 0.1) is 6.04 Å². The highest BCUT2D eigenvalue weighted by Crippen LogP contribution is 2.24. The molecule has 1 heterocycles. The van der Waals surface area contributed by atoms with E-state index in [1.807, 2.05) is 12.1 Å². The third-order valence-corrected chi connectivity index (χ3v) is 3.71. The minimum absolute atomic E-state index is 0.0309. The molecule has 4 heteroatoms. The quantitative estimate of drug-likeness (QED) is 0.877. The van der Waals surface area contributed by atoms with Crippen molar-refractivity contribution in [2.45, 2.75) is 25.4 Å². The molecule has 18 heavy (non-hydrogen) atoms. The Morgan fingerprint density at radius 3 is 2.39 bits per heavy atom. The summed E-state index contributed by atoms with van der Waals surface area (Å²) in [4.78, 5) is 15.8. The maximum Gasteiger partial charge on any atom is 0.243 e. The summed E-state index contributed by atoms with van der Waals surface area (Å²) < 4.78 is 0. The lowest BCUT2D eigenvalue weighted by Gasteiger charge is -2.21. The summed E-state index contributed by atoms with van der Waals surface area (Å²) in [6, 6.07) is 8.21. The first-order valence-electron chi connectivity index (χ1n) is 6.34. The van der Waals surface area contributed by atoms with E-state index in [0.29, 0.717) is 6.04 Å². The van der Waals surface area contributed by atoms with Crippen LogP contribution >= 0.6 is 0 Å². The summed E-state index contributed by atoms with van der Waals surface area (Å²) in [7, 11) is 4.11. The Bertz CT molecular complexity index is 427. The lowest BCUT2D eigenvalue weighted by atomic mass is 10.1. The predicted molar refractivity (Wildman–Crippen MR) is 73.5 cm³/mol. The predicted octanol–water partition coefficient (Wildman–Crippen LogP) is 1.37. The van der Waals surface area contributed by atoms with Crippen LogP contribution in [0.15, 0.2) is 24.3 Å². The summed E-state index contributed by atoms with van der Waals surface area (Å²) in [6.45, 7) is 2.88. The molecule has 2 N–H and O–H groups in total. The Labute approximate surface area is 108 Å². The number of rotatable bonds is 3. The van der Waals surface area contributed by atoms with Gasteiger partial charge in [0.15, 0.2) is 0 Å². The van der Waals surface area contributed by atoms with Gasteiger partial charge in [0.25, 0.3) is 0 Å². The van der Waals surface area contributed by atoms with Gasteiger partial charge in [0.2, 0.25) is 5.91 Å². The van der Waals surface area contributed by atoms with Crippen LogP contribution in [0.2, 0.25) is 0 Å². The van der Waals surface area contributed by atoms with E-state index >= 15 is 0 Å². The van der Waals surface area contributed by atoms with Crippen LogP contribution in [0.4, 0.5) is 5.69 Å². The van der Waals surface area contributed by atoms with Gasteiger partial charge in [-0.3, -0.25) is 4.79 Å². The first-order chi connectivity index (χ1) is 8.50. The van der Waals surface area contributed by atoms with Crippen molar-refractivity contribution < 1.29 is 4.79 Å². The van der Waals surface area contributed by atoms with Gasteiger partial charge in [-0.25, -0.2) is 0 Å². The van der Waals surface area contributed by atoms with Crippen molar-refractivity contribution in [1.82, 2.24) is 4.90 Å². The normalized spacial score (nSPS) is 21.7. The molecule has 2 rings (SSSR count). The fraction of sp³-hybridized carbons (Fsp3) is 0.500. The molecular formula is C14H21N3O. The fourth-order valence-electron chi connectivity index (χ4n) is 2.19. The molecule has 1 amide bonds. The molecule has 2 atom stereocenters. The molecule has 0 aromatic heterocycles. The Balaban J connectivity index is 2.15. The minimum Gasteiger partial charge on any atom is -0.320 e. The highest BCUT2D eigenvalue weighted by Gasteiger charge is 2.29. The summed E-state index contributed by atoms with van der Waals surface area (Å²) in [6.07, 6.45) is 0.745. The fourth-order valence-corrected chi connectivity index (χ4v) is 2.19. The third kappa shape index (κ3) is 2.40. The van der Waals surface area contributed by atoms with Gasteiger partial charge < -0.3 is 15.5 Å². The van der Waals surface area contributed by atoms with E-state index in [1.54, 1.807) is 4.90 Å². The van der Waals surface area contributed by atoms with Gasteiger partial charge >= 0.3 is 0 Å². The maximum atomic E-state index is 11.8. The highest BCUT2D eigenvalue weighted by molar-refractivity contribution is 5.99. The second kappa shape index (κ2) is 5.08. The largest absolute Gasteiger partial charge is 0.320 e. The number of hydrogen-bond acceptors (Lipinski definition) is 3. The summed E-state index contributed by atoms with van der Waals surface area (Å²) in [5, 5.41) is 0. The second-order valence-corrected chi connectivity index (χ2v) is 5.12. The molecule has 1 unspecified atom stereocenters. The zero-order valence-corrected chi connectivity index (χ0v) is 11.3. The Kier molecular flexibility index (Phi) is 3.68. The van der Waals surface area contributed by atoms with Gasteiger partial charge in [-0.05, 0) is 45.1 Å². The third-order valence-electron chi connectivity index (χ3n) is 3.71. The van der Waals surface area contributed by atoms with E-state index in [2.05, 4.69) is 38.1 Å². The number of anilines is 1. The molecule has 1 saturated heterocycles. The number of amides is 1. The standard InChI is InChI=1S/C14H21N3O/c1-10(16(2)3)11-4-6-12(7-5-11)17-9-8-13(15)14(17)18/h4-7,10,13H,8-9,15H2,1-3H3/t10?,13-/m0/s1. The molecule has 0 radical (unpaired) electrons. The average molecular weight is 247 g/mol. The van der Waals surface area contributed by atoms with Crippen LogP contribution in [-0.4, -0.2) is 37.5 Å². The molecule has 0 spiro atoms. The van der Waals surface area contributed by atoms with E-state index in [1.165, 1.54) is 5.56 Å². The van der Waals surface area contributed by atoms with E-state index < -0.39 is 0 Å². The Hall–Kier alpha value is -1.39. The molecule has 4 nitrogen and oxygen atoms in total.